The van der Waals surface area contributed by atoms with Crippen LogP contribution in [0.25, 0.3) is 22.6 Å². The van der Waals surface area contributed by atoms with E-state index >= 15 is 0 Å². The molecule has 0 saturated heterocycles. The topological polar surface area (TPSA) is 111 Å². The first-order valence-electron chi connectivity index (χ1n) is 11.7. The van der Waals surface area contributed by atoms with Crippen LogP contribution in [0.15, 0.2) is 65.3 Å². The number of benzene rings is 2. The molecule has 10 heteroatoms. The summed E-state index contributed by atoms with van der Waals surface area (Å²) in [4.78, 5) is 42.1. The predicted octanol–water partition coefficient (Wildman–Crippen LogP) is 5.29. The summed E-state index contributed by atoms with van der Waals surface area (Å²) in [6, 6.07) is 14.1. The van der Waals surface area contributed by atoms with Gasteiger partial charge >= 0.3 is 12.0 Å². The van der Waals surface area contributed by atoms with E-state index in [9.17, 15) is 18.8 Å². The van der Waals surface area contributed by atoms with Gasteiger partial charge in [0.05, 0.1) is 34.6 Å². The van der Waals surface area contributed by atoms with Gasteiger partial charge in [-0.25, -0.2) is 19.0 Å². The molecule has 1 aliphatic rings. The number of hydrogen-bond acceptors (Lipinski definition) is 6. The molecule has 38 heavy (non-hydrogen) atoms. The van der Waals surface area contributed by atoms with Crippen LogP contribution in [0.1, 0.15) is 39.4 Å². The zero-order valence-electron chi connectivity index (χ0n) is 19.9. The third kappa shape index (κ3) is 5.28. The van der Waals surface area contributed by atoms with Crippen molar-refractivity contribution in [2.45, 2.75) is 19.4 Å². The van der Waals surface area contributed by atoms with Gasteiger partial charge in [0, 0.05) is 10.9 Å². The summed E-state index contributed by atoms with van der Waals surface area (Å²) in [5, 5.41) is 5.41. The quantitative estimate of drug-likeness (QED) is 0.326. The number of ether oxygens (including phenoxy) is 1. The fraction of sp³-hybridized carbons (Fsp3) is 0.143. The number of allylic oxidation sites excluding steroid dienone is 1. The van der Waals surface area contributed by atoms with E-state index in [-0.39, 0.29) is 22.7 Å². The van der Waals surface area contributed by atoms with Crippen LogP contribution in [0, 0.1) is 5.82 Å². The van der Waals surface area contributed by atoms with Gasteiger partial charge in [-0.2, -0.15) is 0 Å². The molecule has 0 atom stereocenters. The number of carbonyl (C=O) groups is 3. The Kier molecular flexibility index (Phi) is 7.19. The fourth-order valence-electron chi connectivity index (χ4n) is 4.33. The Hall–Kier alpha value is -4.50. The monoisotopic (exact) mass is 533 g/mol. The lowest BCUT2D eigenvalue weighted by Crippen LogP contribution is -2.41. The number of pyridine rings is 1. The van der Waals surface area contributed by atoms with Crippen LogP contribution < -0.4 is 10.6 Å². The number of para-hydroxylation sites is 1. The summed E-state index contributed by atoms with van der Waals surface area (Å²) < 4.78 is 24.8. The highest BCUT2D eigenvalue weighted by Gasteiger charge is 2.28. The molecular formula is C28H21ClFN3O5. The van der Waals surface area contributed by atoms with Crippen molar-refractivity contribution < 1.29 is 27.9 Å². The number of nitrogens with one attached hydrogen (secondary N) is 2. The van der Waals surface area contributed by atoms with Gasteiger partial charge in [0.25, 0.3) is 5.91 Å². The number of esters is 1. The number of rotatable bonds is 6. The number of urea groups is 1. The first-order valence-corrected chi connectivity index (χ1v) is 12.1. The highest BCUT2D eigenvalue weighted by atomic mass is 35.5. The van der Waals surface area contributed by atoms with E-state index in [1.54, 1.807) is 48.5 Å². The number of imide groups is 1. The number of furan rings is 1. The van der Waals surface area contributed by atoms with Crippen LogP contribution in [0.3, 0.4) is 0 Å². The number of nitrogens with zero attached hydrogens (tertiary/aromatic N) is 1. The van der Waals surface area contributed by atoms with E-state index in [1.165, 1.54) is 18.4 Å². The summed E-state index contributed by atoms with van der Waals surface area (Å²) in [7, 11) is 0. The van der Waals surface area contributed by atoms with Gasteiger partial charge in [-0.3, -0.25) is 10.1 Å². The van der Waals surface area contributed by atoms with Gasteiger partial charge in [0.1, 0.15) is 11.6 Å². The molecule has 0 saturated carbocycles. The van der Waals surface area contributed by atoms with Gasteiger partial charge in [-0.1, -0.05) is 35.9 Å². The van der Waals surface area contributed by atoms with E-state index < -0.39 is 30.3 Å². The van der Waals surface area contributed by atoms with Crippen molar-refractivity contribution in [2.75, 3.05) is 6.61 Å². The van der Waals surface area contributed by atoms with Crippen LogP contribution in [-0.4, -0.2) is 29.5 Å². The molecule has 2 aromatic heterocycles. The second-order valence-electron chi connectivity index (χ2n) is 8.52. The highest BCUT2D eigenvalue weighted by molar-refractivity contribution is 6.32. The Labute approximate surface area is 221 Å². The van der Waals surface area contributed by atoms with Crippen molar-refractivity contribution in [3.63, 3.8) is 0 Å². The summed E-state index contributed by atoms with van der Waals surface area (Å²) in [6.45, 7) is -0.569. The molecule has 0 aliphatic heterocycles. The third-order valence-corrected chi connectivity index (χ3v) is 6.38. The van der Waals surface area contributed by atoms with E-state index in [0.717, 1.165) is 5.57 Å². The summed E-state index contributed by atoms with van der Waals surface area (Å²) in [5.74, 6) is -1.46. The molecule has 5 rings (SSSR count). The summed E-state index contributed by atoms with van der Waals surface area (Å²) in [5.41, 5.74) is 3.01. The Bertz CT molecular complexity index is 1560. The second-order valence-corrected chi connectivity index (χ2v) is 8.93. The molecule has 0 bridgehead atoms. The number of aromatic nitrogens is 1. The summed E-state index contributed by atoms with van der Waals surface area (Å²) in [6.07, 6.45) is 4.10. The van der Waals surface area contributed by atoms with E-state index in [2.05, 4.69) is 10.6 Å². The van der Waals surface area contributed by atoms with Gasteiger partial charge in [-0.15, -0.1) is 0 Å². The first kappa shape index (κ1) is 25.2. The standard InChI is InChI=1S/C28H21ClFN3O5/c29-21-7-3-8-22(30)20(21)13-16-10-11-19-25(18-6-1-2-9-23(18)32-26(16)19)27(35)38-15-24(34)33-28(36)31-14-17-5-4-12-37-17/h1-9,12-13H,10-11,14-15H2,(H2,31,33,34,36). The van der Waals surface area contributed by atoms with Crippen molar-refractivity contribution in [2.24, 2.45) is 0 Å². The molecule has 3 amide bonds. The number of halogens is 2. The first-order chi connectivity index (χ1) is 18.4. The Morgan fingerprint density at radius 2 is 1.92 bits per heavy atom. The zero-order valence-corrected chi connectivity index (χ0v) is 20.7. The maximum atomic E-state index is 14.4. The van der Waals surface area contributed by atoms with Gasteiger partial charge in [-0.05, 0) is 60.4 Å². The fourth-order valence-corrected chi connectivity index (χ4v) is 4.54. The molecule has 2 heterocycles. The number of hydrogen-bond donors (Lipinski definition) is 2. The van der Waals surface area contributed by atoms with E-state index in [1.807, 2.05) is 0 Å². The molecule has 0 radical (unpaired) electrons. The van der Waals surface area contributed by atoms with Crippen LogP contribution in [0.4, 0.5) is 9.18 Å². The Morgan fingerprint density at radius 3 is 2.71 bits per heavy atom. The predicted molar refractivity (Wildman–Crippen MR) is 139 cm³/mol. The minimum absolute atomic E-state index is 0.0922. The minimum Gasteiger partial charge on any atom is -0.467 e. The average molecular weight is 534 g/mol. The maximum absolute atomic E-state index is 14.4. The molecule has 4 aromatic rings. The maximum Gasteiger partial charge on any atom is 0.339 e. The molecule has 0 spiro atoms. The highest BCUT2D eigenvalue weighted by Crippen LogP contribution is 2.38. The van der Waals surface area contributed by atoms with Crippen molar-refractivity contribution in [3.8, 4) is 0 Å². The van der Waals surface area contributed by atoms with Crippen LogP contribution in [-0.2, 0) is 22.5 Å². The van der Waals surface area contributed by atoms with Crippen molar-refractivity contribution >= 4 is 52.1 Å². The van der Waals surface area contributed by atoms with Crippen LogP contribution in [0.2, 0.25) is 5.02 Å². The lowest BCUT2D eigenvalue weighted by Gasteiger charge is -2.12. The third-order valence-electron chi connectivity index (χ3n) is 6.05. The average Bonchev–Trinajstić information content (AvgIpc) is 3.57. The molecule has 2 aromatic carbocycles. The zero-order chi connectivity index (χ0) is 26.6. The molecule has 8 nitrogen and oxygen atoms in total. The molecule has 192 valence electrons. The summed E-state index contributed by atoms with van der Waals surface area (Å²) >= 11 is 6.21. The SMILES string of the molecule is O=C(COC(=O)c1c2c(nc3ccccc13)C(=Cc1c(F)cccc1Cl)CC2)NC(=O)NCc1ccco1. The lowest BCUT2D eigenvalue weighted by atomic mass is 10.0. The van der Waals surface area contributed by atoms with Gasteiger partial charge in [0.2, 0.25) is 0 Å². The Morgan fingerprint density at radius 1 is 1.08 bits per heavy atom. The molecule has 0 fully saturated rings. The van der Waals surface area contributed by atoms with Crippen molar-refractivity contribution in [1.29, 1.82) is 0 Å². The molecule has 2 N–H and O–H groups in total. The lowest BCUT2D eigenvalue weighted by molar-refractivity contribution is -0.123. The van der Waals surface area contributed by atoms with E-state index in [0.29, 0.717) is 40.8 Å². The molecule has 0 unspecified atom stereocenters. The number of carbonyl (C=O) groups excluding carboxylic acids is 3. The van der Waals surface area contributed by atoms with Crippen molar-refractivity contribution in [1.82, 2.24) is 15.6 Å². The van der Waals surface area contributed by atoms with Crippen LogP contribution >= 0.6 is 11.6 Å². The number of amides is 3. The van der Waals surface area contributed by atoms with Gasteiger partial charge < -0.3 is 14.5 Å². The van der Waals surface area contributed by atoms with E-state index in [4.69, 9.17) is 25.7 Å². The normalized spacial score (nSPS) is 13.4. The smallest absolute Gasteiger partial charge is 0.339 e. The minimum atomic E-state index is -0.792. The largest absolute Gasteiger partial charge is 0.467 e. The molecular weight excluding hydrogens is 513 g/mol. The van der Waals surface area contributed by atoms with Gasteiger partial charge in [0.15, 0.2) is 6.61 Å². The Balaban J connectivity index is 1.36. The second kappa shape index (κ2) is 10.9. The van der Waals surface area contributed by atoms with Crippen molar-refractivity contribution in [3.05, 3.63) is 99.8 Å². The van der Waals surface area contributed by atoms with Crippen LogP contribution in [0.5, 0.6) is 0 Å². The number of fused-ring (bicyclic) bond motifs is 2. The molecule has 1 aliphatic carbocycles.